The monoisotopic (exact) mass is 259 g/mol. The second kappa shape index (κ2) is 12.0. The normalized spacial score (nSPS) is 17.7. The molecule has 18 heavy (non-hydrogen) atoms. The summed E-state index contributed by atoms with van der Waals surface area (Å²) >= 11 is 0. The molecule has 0 atom stereocenters. The SMILES string of the molecule is CCCCCCCN1CCC(CCCC)CC1.F. The van der Waals surface area contributed by atoms with Gasteiger partial charge in [-0.05, 0) is 44.8 Å². The van der Waals surface area contributed by atoms with Crippen molar-refractivity contribution in [3.63, 3.8) is 0 Å². The zero-order valence-electron chi connectivity index (χ0n) is 12.6. The minimum atomic E-state index is 0. The maximum atomic E-state index is 2.70. The summed E-state index contributed by atoms with van der Waals surface area (Å²) in [6.07, 6.45) is 14.4. The Hall–Kier alpha value is -0.110. The van der Waals surface area contributed by atoms with Crippen LogP contribution in [0.1, 0.15) is 78.1 Å². The molecule has 0 unspecified atom stereocenters. The fourth-order valence-electron chi connectivity index (χ4n) is 2.93. The summed E-state index contributed by atoms with van der Waals surface area (Å²) in [5.41, 5.74) is 0. The topological polar surface area (TPSA) is 3.24 Å². The third kappa shape index (κ3) is 8.07. The van der Waals surface area contributed by atoms with Gasteiger partial charge in [0.25, 0.3) is 0 Å². The van der Waals surface area contributed by atoms with E-state index in [1.807, 2.05) is 0 Å². The molecule has 1 saturated heterocycles. The number of hydrogen-bond acceptors (Lipinski definition) is 1. The molecule has 1 fully saturated rings. The van der Waals surface area contributed by atoms with Crippen LogP contribution in [0.5, 0.6) is 0 Å². The van der Waals surface area contributed by atoms with Crippen molar-refractivity contribution in [3.05, 3.63) is 0 Å². The van der Waals surface area contributed by atoms with Crippen LogP contribution in [0.2, 0.25) is 0 Å². The lowest BCUT2D eigenvalue weighted by atomic mass is 9.91. The Morgan fingerprint density at radius 2 is 1.44 bits per heavy atom. The molecule has 0 aliphatic carbocycles. The number of hydrogen-bond donors (Lipinski definition) is 0. The van der Waals surface area contributed by atoms with Gasteiger partial charge in [-0.15, -0.1) is 0 Å². The maximum absolute atomic E-state index is 2.70. The molecule has 0 radical (unpaired) electrons. The zero-order chi connectivity index (χ0) is 12.3. The molecule has 0 spiro atoms. The highest BCUT2D eigenvalue weighted by Gasteiger charge is 2.17. The van der Waals surface area contributed by atoms with E-state index in [0.29, 0.717) is 0 Å². The van der Waals surface area contributed by atoms with E-state index in [2.05, 4.69) is 18.7 Å². The standard InChI is InChI=1S/C16H33N.FH/c1-3-5-7-8-9-13-17-14-11-16(12-15-17)10-6-4-2;/h16H,3-15H2,1-2H3;1H. The lowest BCUT2D eigenvalue weighted by Gasteiger charge is -2.32. The first-order chi connectivity index (χ1) is 8.36. The zero-order valence-corrected chi connectivity index (χ0v) is 12.6. The predicted octanol–water partition coefficient (Wildman–Crippen LogP) is 5.01. The van der Waals surface area contributed by atoms with E-state index < -0.39 is 0 Å². The van der Waals surface area contributed by atoms with Crippen LogP contribution in [0.3, 0.4) is 0 Å². The van der Waals surface area contributed by atoms with Gasteiger partial charge in [-0.3, -0.25) is 4.70 Å². The van der Waals surface area contributed by atoms with Crippen molar-refractivity contribution in [2.75, 3.05) is 19.6 Å². The molecule has 110 valence electrons. The largest absolute Gasteiger partial charge is 0.303 e. The van der Waals surface area contributed by atoms with Crippen LogP contribution >= 0.6 is 0 Å². The van der Waals surface area contributed by atoms with Crippen molar-refractivity contribution >= 4 is 0 Å². The average Bonchev–Trinajstić information content (AvgIpc) is 2.37. The smallest absolute Gasteiger partial charge is 0.00161 e. The van der Waals surface area contributed by atoms with Gasteiger partial charge in [0.05, 0.1) is 0 Å². The average molecular weight is 259 g/mol. The molecule has 0 bridgehead atoms. The molecule has 1 aliphatic heterocycles. The molecule has 2 heteroatoms. The highest BCUT2D eigenvalue weighted by Crippen LogP contribution is 2.22. The maximum Gasteiger partial charge on any atom is -0.00161 e. The minimum absolute atomic E-state index is 0. The molecule has 0 aromatic heterocycles. The van der Waals surface area contributed by atoms with E-state index in [1.165, 1.54) is 83.8 Å². The highest BCUT2D eigenvalue weighted by atomic mass is 19.0. The molecule has 0 aromatic carbocycles. The second-order valence-electron chi connectivity index (χ2n) is 5.84. The number of unbranched alkanes of at least 4 members (excludes halogenated alkanes) is 5. The fraction of sp³-hybridized carbons (Fsp3) is 1.00. The predicted molar refractivity (Wildman–Crippen MR) is 80.0 cm³/mol. The molecular weight excluding hydrogens is 225 g/mol. The summed E-state index contributed by atoms with van der Waals surface area (Å²) in [4.78, 5) is 2.70. The number of halogens is 1. The molecule has 1 nitrogen and oxygen atoms in total. The molecule has 1 aliphatic rings. The fourth-order valence-corrected chi connectivity index (χ4v) is 2.93. The third-order valence-electron chi connectivity index (χ3n) is 4.25. The summed E-state index contributed by atoms with van der Waals surface area (Å²) in [6, 6.07) is 0. The lowest BCUT2D eigenvalue weighted by Crippen LogP contribution is -2.34. The van der Waals surface area contributed by atoms with Crippen molar-refractivity contribution in [1.29, 1.82) is 0 Å². The Labute approximate surface area is 114 Å². The van der Waals surface area contributed by atoms with Crippen LogP contribution in [-0.2, 0) is 0 Å². The summed E-state index contributed by atoms with van der Waals surface area (Å²) in [5.74, 6) is 1.05. The van der Waals surface area contributed by atoms with E-state index in [0.717, 1.165) is 5.92 Å². The third-order valence-corrected chi connectivity index (χ3v) is 4.25. The molecule has 0 saturated carbocycles. The Morgan fingerprint density at radius 3 is 2.06 bits per heavy atom. The summed E-state index contributed by atoms with van der Waals surface area (Å²) in [5, 5.41) is 0. The van der Waals surface area contributed by atoms with Gasteiger partial charge in [0, 0.05) is 0 Å². The van der Waals surface area contributed by atoms with Gasteiger partial charge >= 0.3 is 0 Å². The van der Waals surface area contributed by atoms with Crippen LogP contribution in [0.15, 0.2) is 0 Å². The molecule has 0 N–H and O–H groups in total. The first-order valence-corrected chi connectivity index (χ1v) is 8.09. The highest BCUT2D eigenvalue weighted by molar-refractivity contribution is 4.72. The first kappa shape index (κ1) is 17.9. The van der Waals surface area contributed by atoms with Crippen molar-refractivity contribution in [2.45, 2.75) is 78.1 Å². The number of rotatable bonds is 9. The molecular formula is C16H34FN. The molecule has 0 aromatic rings. The Balaban J connectivity index is 0.00000289. The van der Waals surface area contributed by atoms with Gasteiger partial charge in [-0.25, -0.2) is 0 Å². The minimum Gasteiger partial charge on any atom is -0.303 e. The quantitative estimate of drug-likeness (QED) is 0.526. The van der Waals surface area contributed by atoms with Crippen LogP contribution in [-0.4, -0.2) is 24.5 Å². The van der Waals surface area contributed by atoms with Crippen molar-refractivity contribution in [1.82, 2.24) is 4.90 Å². The first-order valence-electron chi connectivity index (χ1n) is 8.09. The van der Waals surface area contributed by atoms with E-state index in [9.17, 15) is 0 Å². The Morgan fingerprint density at radius 1 is 0.833 bits per heavy atom. The lowest BCUT2D eigenvalue weighted by molar-refractivity contribution is 0.174. The summed E-state index contributed by atoms with van der Waals surface area (Å²) in [7, 11) is 0. The van der Waals surface area contributed by atoms with Crippen LogP contribution in [0, 0.1) is 5.92 Å². The molecule has 1 rings (SSSR count). The van der Waals surface area contributed by atoms with Gasteiger partial charge < -0.3 is 4.90 Å². The number of piperidine rings is 1. The van der Waals surface area contributed by atoms with Crippen molar-refractivity contribution < 1.29 is 4.70 Å². The molecule has 0 amide bonds. The number of likely N-dealkylation sites (tertiary alicyclic amines) is 1. The van der Waals surface area contributed by atoms with E-state index in [1.54, 1.807) is 0 Å². The van der Waals surface area contributed by atoms with Gasteiger partial charge in [-0.2, -0.15) is 0 Å². The second-order valence-corrected chi connectivity index (χ2v) is 5.84. The van der Waals surface area contributed by atoms with Crippen molar-refractivity contribution in [3.8, 4) is 0 Å². The summed E-state index contributed by atoms with van der Waals surface area (Å²) < 4.78 is 0. The van der Waals surface area contributed by atoms with Gasteiger partial charge in [0.2, 0.25) is 0 Å². The Bertz CT molecular complexity index is 162. The van der Waals surface area contributed by atoms with Gasteiger partial charge in [0.1, 0.15) is 0 Å². The van der Waals surface area contributed by atoms with Crippen LogP contribution in [0.4, 0.5) is 4.70 Å². The van der Waals surface area contributed by atoms with Gasteiger partial charge in [0.15, 0.2) is 0 Å². The van der Waals surface area contributed by atoms with Crippen LogP contribution in [0.25, 0.3) is 0 Å². The van der Waals surface area contributed by atoms with Crippen LogP contribution < -0.4 is 0 Å². The van der Waals surface area contributed by atoms with E-state index in [-0.39, 0.29) is 4.70 Å². The summed E-state index contributed by atoms with van der Waals surface area (Å²) in [6.45, 7) is 8.72. The van der Waals surface area contributed by atoms with E-state index >= 15 is 0 Å². The Kier molecular flexibility index (Phi) is 11.9. The van der Waals surface area contributed by atoms with Crippen molar-refractivity contribution in [2.24, 2.45) is 5.92 Å². The molecule has 1 heterocycles. The van der Waals surface area contributed by atoms with Gasteiger partial charge in [-0.1, -0.05) is 58.8 Å². The van der Waals surface area contributed by atoms with E-state index in [4.69, 9.17) is 0 Å². The number of nitrogens with zero attached hydrogens (tertiary/aromatic N) is 1.